The summed E-state index contributed by atoms with van der Waals surface area (Å²) >= 11 is 0. The number of ether oxygens (including phenoxy) is 2. The van der Waals surface area contributed by atoms with E-state index in [2.05, 4.69) is 0 Å². The molecule has 0 aliphatic carbocycles. The van der Waals surface area contributed by atoms with Gasteiger partial charge in [0.05, 0.1) is 12.7 Å². The van der Waals surface area contributed by atoms with Crippen molar-refractivity contribution in [2.45, 2.75) is 25.3 Å². The Bertz CT molecular complexity index is 880. The van der Waals surface area contributed by atoms with E-state index in [9.17, 15) is 14.4 Å². The largest absolute Gasteiger partial charge is 0.496 e. The summed E-state index contributed by atoms with van der Waals surface area (Å²) in [4.78, 5) is 37.9. The Labute approximate surface area is 157 Å². The van der Waals surface area contributed by atoms with Crippen molar-refractivity contribution in [3.8, 4) is 5.75 Å². The lowest BCUT2D eigenvalue weighted by molar-refractivity contribution is -0.143. The second kappa shape index (κ2) is 8.07. The number of carbonyl (C=O) groups excluding carboxylic acids is 3. The smallest absolute Gasteiger partial charge is 0.339 e. The van der Waals surface area contributed by atoms with Gasteiger partial charge >= 0.3 is 5.97 Å². The van der Waals surface area contributed by atoms with Crippen LogP contribution < -0.4 is 10.5 Å². The number of likely N-dealkylation sites (tertiary alicyclic amines) is 1. The highest BCUT2D eigenvalue weighted by molar-refractivity contribution is 6.06. The molecular weight excluding hydrogens is 348 g/mol. The Balaban J connectivity index is 1.74. The van der Waals surface area contributed by atoms with Gasteiger partial charge in [-0.25, -0.2) is 4.79 Å². The van der Waals surface area contributed by atoms with Gasteiger partial charge in [-0.3, -0.25) is 9.59 Å². The summed E-state index contributed by atoms with van der Waals surface area (Å²) in [5, 5.41) is 1.47. The van der Waals surface area contributed by atoms with Crippen LogP contribution in [0, 0.1) is 0 Å². The quantitative estimate of drug-likeness (QED) is 0.810. The van der Waals surface area contributed by atoms with Crippen molar-refractivity contribution in [3.05, 3.63) is 42.0 Å². The number of amides is 2. The predicted molar refractivity (Wildman–Crippen MR) is 99.3 cm³/mol. The average Bonchev–Trinajstić information content (AvgIpc) is 2.70. The molecule has 1 aliphatic rings. The number of carbonyl (C=O) groups is 3. The Morgan fingerprint density at radius 1 is 1.11 bits per heavy atom. The van der Waals surface area contributed by atoms with E-state index >= 15 is 0 Å². The lowest BCUT2D eigenvalue weighted by Gasteiger charge is -2.33. The van der Waals surface area contributed by atoms with Gasteiger partial charge in [0.15, 0.2) is 6.61 Å². The van der Waals surface area contributed by atoms with Crippen LogP contribution in [0.4, 0.5) is 0 Å². The average molecular weight is 370 g/mol. The standard InChI is InChI=1S/C20H22N2O5/c1-26-17-10-9-15(13-6-2-3-7-14(13)17)20(25)27-12-18(23)22-11-5-4-8-16(22)19(21)24/h2-3,6-7,9-10,16H,4-5,8,11-12H2,1H3,(H2,21,24)/t16-/m1/s1. The van der Waals surface area contributed by atoms with Gasteiger partial charge in [-0.05, 0) is 36.8 Å². The number of hydrogen-bond acceptors (Lipinski definition) is 5. The molecule has 7 heteroatoms. The molecule has 1 atom stereocenters. The first-order valence-corrected chi connectivity index (χ1v) is 8.84. The zero-order valence-electron chi connectivity index (χ0n) is 15.1. The van der Waals surface area contributed by atoms with Crippen molar-refractivity contribution in [1.29, 1.82) is 0 Å². The molecule has 7 nitrogen and oxygen atoms in total. The van der Waals surface area contributed by atoms with Crippen molar-refractivity contribution in [2.75, 3.05) is 20.3 Å². The number of hydrogen-bond donors (Lipinski definition) is 1. The zero-order valence-corrected chi connectivity index (χ0v) is 15.1. The van der Waals surface area contributed by atoms with Crippen molar-refractivity contribution in [1.82, 2.24) is 4.90 Å². The Kier molecular flexibility index (Phi) is 5.59. The van der Waals surface area contributed by atoms with Crippen molar-refractivity contribution < 1.29 is 23.9 Å². The maximum absolute atomic E-state index is 12.5. The number of benzene rings is 2. The minimum Gasteiger partial charge on any atom is -0.496 e. The van der Waals surface area contributed by atoms with E-state index < -0.39 is 30.4 Å². The Morgan fingerprint density at radius 3 is 2.56 bits per heavy atom. The molecule has 1 aliphatic heterocycles. The fraction of sp³-hybridized carbons (Fsp3) is 0.350. The molecule has 2 N–H and O–H groups in total. The van der Waals surface area contributed by atoms with Gasteiger partial charge in [-0.15, -0.1) is 0 Å². The van der Waals surface area contributed by atoms with Crippen LogP contribution in [0.1, 0.15) is 29.6 Å². The fourth-order valence-corrected chi connectivity index (χ4v) is 3.44. The van der Waals surface area contributed by atoms with Gasteiger partial charge in [-0.1, -0.05) is 24.3 Å². The van der Waals surface area contributed by atoms with Crippen molar-refractivity contribution in [3.63, 3.8) is 0 Å². The first-order chi connectivity index (χ1) is 13.0. The van der Waals surface area contributed by atoms with Crippen molar-refractivity contribution in [2.24, 2.45) is 5.73 Å². The van der Waals surface area contributed by atoms with Crippen LogP contribution in [0.25, 0.3) is 10.8 Å². The molecule has 0 aromatic heterocycles. The van der Waals surface area contributed by atoms with E-state index in [1.165, 1.54) is 4.90 Å². The molecule has 142 valence electrons. The van der Waals surface area contributed by atoms with Crippen LogP contribution in [-0.2, 0) is 14.3 Å². The first-order valence-electron chi connectivity index (χ1n) is 8.84. The van der Waals surface area contributed by atoms with Crippen LogP contribution in [0.5, 0.6) is 5.75 Å². The number of esters is 1. The number of piperidine rings is 1. The minimum atomic E-state index is -0.633. The molecule has 0 radical (unpaired) electrons. The summed E-state index contributed by atoms with van der Waals surface area (Å²) in [6, 6.07) is 9.98. The topological polar surface area (TPSA) is 98.9 Å². The second-order valence-electron chi connectivity index (χ2n) is 6.44. The van der Waals surface area contributed by atoms with Gasteiger partial charge in [-0.2, -0.15) is 0 Å². The Hall–Kier alpha value is -3.09. The number of primary amides is 1. The van der Waals surface area contributed by atoms with Crippen LogP contribution >= 0.6 is 0 Å². The van der Waals surface area contributed by atoms with E-state index in [0.29, 0.717) is 29.7 Å². The predicted octanol–water partition coefficient (Wildman–Crippen LogP) is 1.87. The second-order valence-corrected chi connectivity index (χ2v) is 6.44. The molecule has 1 fully saturated rings. The SMILES string of the molecule is COc1ccc(C(=O)OCC(=O)N2CCCC[C@@H]2C(N)=O)c2ccccc12. The van der Waals surface area contributed by atoms with Gasteiger partial charge in [0.1, 0.15) is 11.8 Å². The molecule has 2 aromatic carbocycles. The summed E-state index contributed by atoms with van der Waals surface area (Å²) in [7, 11) is 1.56. The minimum absolute atomic E-state index is 0.351. The molecule has 1 saturated heterocycles. The van der Waals surface area contributed by atoms with Gasteiger partial charge in [0, 0.05) is 11.9 Å². The summed E-state index contributed by atoms with van der Waals surface area (Å²) in [6.07, 6.45) is 2.18. The van der Waals surface area contributed by atoms with Gasteiger partial charge < -0.3 is 20.1 Å². The first kappa shape index (κ1) is 18.7. The molecule has 0 bridgehead atoms. The molecule has 2 amide bonds. The van der Waals surface area contributed by atoms with E-state index in [-0.39, 0.29) is 0 Å². The number of methoxy groups -OCH3 is 1. The lowest BCUT2D eigenvalue weighted by atomic mass is 10.0. The van der Waals surface area contributed by atoms with Crippen LogP contribution in [0.2, 0.25) is 0 Å². The number of nitrogens with zero attached hydrogens (tertiary/aromatic N) is 1. The highest BCUT2D eigenvalue weighted by Crippen LogP contribution is 2.28. The molecule has 3 rings (SSSR count). The Morgan fingerprint density at radius 2 is 1.85 bits per heavy atom. The van der Waals surface area contributed by atoms with E-state index in [4.69, 9.17) is 15.2 Å². The molecule has 2 aromatic rings. The lowest BCUT2D eigenvalue weighted by Crippen LogP contribution is -2.51. The molecule has 0 unspecified atom stereocenters. The van der Waals surface area contributed by atoms with Crippen LogP contribution in [-0.4, -0.2) is 49.0 Å². The van der Waals surface area contributed by atoms with Crippen LogP contribution in [0.3, 0.4) is 0 Å². The highest BCUT2D eigenvalue weighted by Gasteiger charge is 2.31. The molecule has 0 saturated carbocycles. The fourth-order valence-electron chi connectivity index (χ4n) is 3.44. The maximum Gasteiger partial charge on any atom is 0.339 e. The molecular formula is C20H22N2O5. The summed E-state index contributed by atoms with van der Waals surface area (Å²) < 4.78 is 10.5. The maximum atomic E-state index is 12.5. The third-order valence-electron chi connectivity index (χ3n) is 4.80. The number of fused-ring (bicyclic) bond motifs is 1. The van der Waals surface area contributed by atoms with Gasteiger partial charge in [0.25, 0.3) is 5.91 Å². The summed E-state index contributed by atoms with van der Waals surface area (Å²) in [6.45, 7) is 0.0123. The van der Waals surface area contributed by atoms with Crippen molar-refractivity contribution >= 4 is 28.6 Å². The number of nitrogens with two attached hydrogens (primary N) is 1. The van der Waals surface area contributed by atoms with E-state index in [0.717, 1.165) is 18.2 Å². The third kappa shape index (κ3) is 3.86. The third-order valence-corrected chi connectivity index (χ3v) is 4.80. The number of rotatable bonds is 5. The van der Waals surface area contributed by atoms with Crippen LogP contribution in [0.15, 0.2) is 36.4 Å². The van der Waals surface area contributed by atoms with E-state index in [1.54, 1.807) is 25.3 Å². The van der Waals surface area contributed by atoms with E-state index in [1.807, 2.05) is 18.2 Å². The monoisotopic (exact) mass is 370 g/mol. The highest BCUT2D eigenvalue weighted by atomic mass is 16.5. The normalized spacial score (nSPS) is 16.8. The molecule has 27 heavy (non-hydrogen) atoms. The van der Waals surface area contributed by atoms with Gasteiger partial charge in [0.2, 0.25) is 5.91 Å². The molecule has 0 spiro atoms. The summed E-state index contributed by atoms with van der Waals surface area (Å²) in [5.41, 5.74) is 5.73. The molecule has 1 heterocycles. The summed E-state index contributed by atoms with van der Waals surface area (Å²) in [5.74, 6) is -0.897. The zero-order chi connectivity index (χ0) is 19.4.